The second-order valence-corrected chi connectivity index (χ2v) is 8.50. The molecule has 0 unspecified atom stereocenters. The first-order valence-corrected chi connectivity index (χ1v) is 10.5. The molecule has 6 heteroatoms. The number of ether oxygens (including phenoxy) is 1. The molecule has 4 rings (SSSR count). The minimum atomic E-state index is 0.164. The third kappa shape index (κ3) is 4.16. The van der Waals surface area contributed by atoms with Crippen LogP contribution in [0, 0.1) is 5.92 Å². The van der Waals surface area contributed by atoms with Crippen LogP contribution in [0.3, 0.4) is 0 Å². The van der Waals surface area contributed by atoms with Crippen LogP contribution in [0.2, 0.25) is 0 Å². The first kappa shape index (κ1) is 18.8. The smallest absolute Gasteiger partial charge is 0.225 e. The molecule has 1 aromatic heterocycles. The number of hydrogen-bond acceptors (Lipinski definition) is 5. The fourth-order valence-corrected chi connectivity index (χ4v) is 4.79. The van der Waals surface area contributed by atoms with Gasteiger partial charge in [0, 0.05) is 50.2 Å². The summed E-state index contributed by atoms with van der Waals surface area (Å²) in [5, 5.41) is 0. The number of amides is 1. The van der Waals surface area contributed by atoms with Crippen molar-refractivity contribution >= 4 is 5.91 Å². The van der Waals surface area contributed by atoms with Gasteiger partial charge in [0.05, 0.1) is 11.8 Å². The molecular formula is C21H32N4O2. The van der Waals surface area contributed by atoms with Crippen molar-refractivity contribution in [3.8, 4) is 0 Å². The highest BCUT2D eigenvalue weighted by Crippen LogP contribution is 2.30. The fourth-order valence-electron chi connectivity index (χ4n) is 4.79. The molecule has 0 bridgehead atoms. The molecule has 2 aliphatic heterocycles. The van der Waals surface area contributed by atoms with Gasteiger partial charge in [0.15, 0.2) is 0 Å². The average Bonchev–Trinajstić information content (AvgIpc) is 2.73. The van der Waals surface area contributed by atoms with Gasteiger partial charge in [-0.05, 0) is 58.7 Å². The molecule has 1 aromatic rings. The maximum Gasteiger partial charge on any atom is 0.225 e. The molecule has 0 N–H and O–H groups in total. The number of carbonyl (C=O) groups excluding carboxylic acids is 1. The Labute approximate surface area is 162 Å². The molecular weight excluding hydrogens is 340 g/mol. The summed E-state index contributed by atoms with van der Waals surface area (Å²) in [5.74, 6) is 1.98. The zero-order chi connectivity index (χ0) is 18.8. The highest BCUT2D eigenvalue weighted by molar-refractivity contribution is 5.79. The van der Waals surface area contributed by atoms with Crippen molar-refractivity contribution in [2.24, 2.45) is 5.92 Å². The van der Waals surface area contributed by atoms with Crippen molar-refractivity contribution in [3.63, 3.8) is 0 Å². The summed E-state index contributed by atoms with van der Waals surface area (Å²) >= 11 is 0. The van der Waals surface area contributed by atoms with Crippen LogP contribution in [-0.2, 0) is 22.5 Å². The summed E-state index contributed by atoms with van der Waals surface area (Å²) in [6.45, 7) is 3.71. The Bertz CT molecular complexity index is 664. The van der Waals surface area contributed by atoms with Crippen molar-refractivity contribution in [2.75, 3.05) is 33.8 Å². The number of methoxy groups -OCH3 is 1. The maximum atomic E-state index is 12.9. The number of likely N-dealkylation sites (tertiary alicyclic amines) is 1. The van der Waals surface area contributed by atoms with Gasteiger partial charge in [-0.3, -0.25) is 4.79 Å². The van der Waals surface area contributed by atoms with Crippen LogP contribution in [0.15, 0.2) is 6.20 Å². The van der Waals surface area contributed by atoms with Crippen LogP contribution in [-0.4, -0.2) is 65.6 Å². The van der Waals surface area contributed by atoms with Crippen LogP contribution >= 0.6 is 0 Å². The first-order valence-electron chi connectivity index (χ1n) is 10.5. The number of hydrogen-bond donors (Lipinski definition) is 0. The van der Waals surface area contributed by atoms with Crippen molar-refractivity contribution in [1.82, 2.24) is 19.8 Å². The second-order valence-electron chi connectivity index (χ2n) is 8.50. The predicted molar refractivity (Wildman–Crippen MR) is 103 cm³/mol. The molecule has 148 valence electrons. The summed E-state index contributed by atoms with van der Waals surface area (Å²) in [5.41, 5.74) is 2.29. The molecule has 6 nitrogen and oxygen atoms in total. The van der Waals surface area contributed by atoms with Crippen molar-refractivity contribution in [1.29, 1.82) is 0 Å². The Kier molecular flexibility index (Phi) is 5.74. The Morgan fingerprint density at radius 2 is 1.85 bits per heavy atom. The van der Waals surface area contributed by atoms with Gasteiger partial charge in [-0.1, -0.05) is 0 Å². The minimum absolute atomic E-state index is 0.164. The Morgan fingerprint density at radius 1 is 1.11 bits per heavy atom. The zero-order valence-electron chi connectivity index (χ0n) is 16.7. The van der Waals surface area contributed by atoms with Crippen molar-refractivity contribution in [3.05, 3.63) is 23.3 Å². The van der Waals surface area contributed by atoms with E-state index in [4.69, 9.17) is 9.72 Å². The van der Waals surface area contributed by atoms with Gasteiger partial charge in [0.1, 0.15) is 5.82 Å². The number of piperidine rings is 1. The van der Waals surface area contributed by atoms with Gasteiger partial charge in [0.25, 0.3) is 0 Å². The Balaban J connectivity index is 1.38. The summed E-state index contributed by atoms with van der Waals surface area (Å²) in [7, 11) is 3.95. The van der Waals surface area contributed by atoms with E-state index in [9.17, 15) is 4.79 Å². The van der Waals surface area contributed by atoms with Gasteiger partial charge < -0.3 is 14.5 Å². The maximum absolute atomic E-state index is 12.9. The quantitative estimate of drug-likeness (QED) is 0.815. The minimum Gasteiger partial charge on any atom is -0.381 e. The van der Waals surface area contributed by atoms with E-state index in [0.29, 0.717) is 24.5 Å². The summed E-state index contributed by atoms with van der Waals surface area (Å²) < 4.78 is 5.43. The van der Waals surface area contributed by atoms with Crippen molar-refractivity contribution in [2.45, 2.75) is 63.5 Å². The van der Waals surface area contributed by atoms with Crippen LogP contribution in [0.4, 0.5) is 0 Å². The van der Waals surface area contributed by atoms with Gasteiger partial charge in [-0.15, -0.1) is 0 Å². The van der Waals surface area contributed by atoms with E-state index in [1.165, 1.54) is 0 Å². The Morgan fingerprint density at radius 3 is 2.56 bits per heavy atom. The molecule has 3 heterocycles. The number of carbonyl (C=O) groups is 1. The van der Waals surface area contributed by atoms with Gasteiger partial charge >= 0.3 is 0 Å². The summed E-state index contributed by atoms with van der Waals surface area (Å²) in [4.78, 5) is 26.9. The van der Waals surface area contributed by atoms with E-state index in [-0.39, 0.29) is 5.92 Å². The largest absolute Gasteiger partial charge is 0.381 e. The van der Waals surface area contributed by atoms with E-state index in [2.05, 4.69) is 16.9 Å². The molecule has 0 radical (unpaired) electrons. The summed E-state index contributed by atoms with van der Waals surface area (Å²) in [6.07, 6.45) is 9.36. The molecule has 1 saturated heterocycles. The topological polar surface area (TPSA) is 58.6 Å². The van der Waals surface area contributed by atoms with Crippen molar-refractivity contribution < 1.29 is 9.53 Å². The Hall–Kier alpha value is -1.53. The van der Waals surface area contributed by atoms with Gasteiger partial charge in [-0.25, -0.2) is 9.97 Å². The molecule has 0 spiro atoms. The highest BCUT2D eigenvalue weighted by Gasteiger charge is 2.32. The third-order valence-corrected chi connectivity index (χ3v) is 6.70. The van der Waals surface area contributed by atoms with Crippen LogP contribution < -0.4 is 0 Å². The number of nitrogens with zero attached hydrogens (tertiary/aromatic N) is 4. The SMILES string of the molecule is COC1CCC(C(=O)N2CCc3nc(C4CCN(C)CC4)ncc3C2)CC1. The predicted octanol–water partition coefficient (Wildman–Crippen LogP) is 2.38. The molecule has 1 saturated carbocycles. The molecule has 3 aliphatic rings. The molecule has 1 amide bonds. The van der Waals surface area contributed by atoms with E-state index in [0.717, 1.165) is 81.7 Å². The first-order chi connectivity index (χ1) is 13.1. The van der Waals surface area contributed by atoms with Gasteiger partial charge in [0.2, 0.25) is 5.91 Å². The van der Waals surface area contributed by atoms with E-state index in [1.54, 1.807) is 7.11 Å². The molecule has 2 fully saturated rings. The number of fused-ring (bicyclic) bond motifs is 1. The molecule has 27 heavy (non-hydrogen) atoms. The molecule has 0 atom stereocenters. The zero-order valence-corrected chi connectivity index (χ0v) is 16.7. The van der Waals surface area contributed by atoms with E-state index >= 15 is 0 Å². The lowest BCUT2D eigenvalue weighted by Crippen LogP contribution is -2.41. The molecule has 1 aliphatic carbocycles. The lowest BCUT2D eigenvalue weighted by atomic mass is 9.86. The van der Waals surface area contributed by atoms with Crippen LogP contribution in [0.5, 0.6) is 0 Å². The standard InChI is InChI=1S/C21H32N4O2/c1-24-10-7-15(8-11-24)20-22-13-17-14-25(12-9-19(17)23-20)21(26)16-3-5-18(27-2)6-4-16/h13,15-16,18H,3-12,14H2,1-2H3. The molecule has 0 aromatic carbocycles. The third-order valence-electron chi connectivity index (χ3n) is 6.70. The number of rotatable bonds is 3. The fraction of sp³-hybridized carbons (Fsp3) is 0.762. The average molecular weight is 373 g/mol. The van der Waals surface area contributed by atoms with E-state index in [1.807, 2.05) is 11.1 Å². The number of aromatic nitrogens is 2. The summed E-state index contributed by atoms with van der Waals surface area (Å²) in [6, 6.07) is 0. The monoisotopic (exact) mass is 372 g/mol. The van der Waals surface area contributed by atoms with Crippen LogP contribution in [0.25, 0.3) is 0 Å². The van der Waals surface area contributed by atoms with E-state index < -0.39 is 0 Å². The highest BCUT2D eigenvalue weighted by atomic mass is 16.5. The van der Waals surface area contributed by atoms with Gasteiger partial charge in [-0.2, -0.15) is 0 Å². The lowest BCUT2D eigenvalue weighted by Gasteiger charge is -2.34. The second kappa shape index (κ2) is 8.23. The lowest BCUT2D eigenvalue weighted by molar-refractivity contribution is -0.138. The van der Waals surface area contributed by atoms with Crippen LogP contribution in [0.1, 0.15) is 61.5 Å². The normalized spacial score (nSPS) is 27.4.